The Morgan fingerprint density at radius 1 is 1.40 bits per heavy atom. The van der Waals surface area contributed by atoms with Gasteiger partial charge in [0.05, 0.1) is 12.7 Å². The maximum Gasteiger partial charge on any atom is 0.0984 e. The molecule has 1 N–H and O–H groups in total. The van der Waals surface area contributed by atoms with Crippen molar-refractivity contribution in [1.29, 1.82) is 0 Å². The van der Waals surface area contributed by atoms with E-state index in [4.69, 9.17) is 4.74 Å². The van der Waals surface area contributed by atoms with Gasteiger partial charge in [-0.05, 0) is 52.0 Å². The van der Waals surface area contributed by atoms with Crippen LogP contribution in [0.3, 0.4) is 0 Å². The average molecular weight is 352 g/mol. The van der Waals surface area contributed by atoms with Gasteiger partial charge < -0.3 is 10.1 Å². The Hall–Kier alpha value is -0.680. The van der Waals surface area contributed by atoms with Gasteiger partial charge >= 0.3 is 0 Å². The first-order valence-corrected chi connectivity index (χ1v) is 8.55. The van der Waals surface area contributed by atoms with Crippen molar-refractivity contribution in [2.75, 3.05) is 13.7 Å². The summed E-state index contributed by atoms with van der Waals surface area (Å²) >= 11 is 5.42. The van der Waals surface area contributed by atoms with E-state index in [0.717, 1.165) is 19.4 Å². The molecular weight excluding hydrogens is 334 g/mol. The zero-order chi connectivity index (χ0) is 13.9. The van der Waals surface area contributed by atoms with Crippen LogP contribution in [0.15, 0.2) is 40.2 Å². The third kappa shape index (κ3) is 2.84. The fourth-order valence-electron chi connectivity index (χ4n) is 2.79. The van der Waals surface area contributed by atoms with Crippen molar-refractivity contribution in [1.82, 2.24) is 5.32 Å². The van der Waals surface area contributed by atoms with Gasteiger partial charge in [0.2, 0.25) is 0 Å². The molecule has 0 saturated carbocycles. The molecule has 1 aliphatic heterocycles. The van der Waals surface area contributed by atoms with Crippen molar-refractivity contribution in [3.05, 3.63) is 56.2 Å². The van der Waals surface area contributed by atoms with Crippen LogP contribution in [0, 0.1) is 0 Å². The Morgan fingerprint density at radius 3 is 3.00 bits per heavy atom. The van der Waals surface area contributed by atoms with Gasteiger partial charge in [0.1, 0.15) is 0 Å². The fourth-order valence-corrected chi connectivity index (χ4v) is 4.36. The Kier molecular flexibility index (Phi) is 4.56. The minimum atomic E-state index is 0.138. The standard InChI is InChI=1S/C16H18BrNOS/c1-18-14(10-15-13(17)7-9-20-15)16-12-5-3-2-4-11(12)6-8-19-16/h2-5,7,9,14,16,18H,6,8,10H2,1H3. The first-order valence-electron chi connectivity index (χ1n) is 6.88. The lowest BCUT2D eigenvalue weighted by Crippen LogP contribution is -2.37. The molecular formula is C16H18BrNOS. The van der Waals surface area contributed by atoms with E-state index < -0.39 is 0 Å². The second kappa shape index (κ2) is 6.39. The van der Waals surface area contributed by atoms with Crippen molar-refractivity contribution < 1.29 is 4.74 Å². The summed E-state index contributed by atoms with van der Waals surface area (Å²) in [5.74, 6) is 0. The van der Waals surface area contributed by atoms with Gasteiger partial charge in [0.15, 0.2) is 0 Å². The first-order chi connectivity index (χ1) is 9.79. The van der Waals surface area contributed by atoms with Crippen molar-refractivity contribution >= 4 is 27.3 Å². The number of rotatable bonds is 4. The molecule has 2 heterocycles. The molecule has 2 aromatic rings. The maximum atomic E-state index is 6.07. The molecule has 2 nitrogen and oxygen atoms in total. The first kappa shape index (κ1) is 14.3. The van der Waals surface area contributed by atoms with E-state index in [9.17, 15) is 0 Å². The highest BCUT2D eigenvalue weighted by Crippen LogP contribution is 2.33. The van der Waals surface area contributed by atoms with Crippen LogP contribution in [0.1, 0.15) is 22.1 Å². The lowest BCUT2D eigenvalue weighted by molar-refractivity contribution is 0.0173. The van der Waals surface area contributed by atoms with Crippen LogP contribution in [0.2, 0.25) is 0 Å². The topological polar surface area (TPSA) is 21.3 Å². The molecule has 106 valence electrons. The molecule has 0 amide bonds. The maximum absolute atomic E-state index is 6.07. The van der Waals surface area contributed by atoms with Crippen LogP contribution in [-0.2, 0) is 17.6 Å². The van der Waals surface area contributed by atoms with Crippen molar-refractivity contribution in [2.45, 2.75) is 25.0 Å². The minimum Gasteiger partial charge on any atom is -0.372 e. The molecule has 0 saturated heterocycles. The number of fused-ring (bicyclic) bond motifs is 1. The van der Waals surface area contributed by atoms with E-state index in [0.29, 0.717) is 6.04 Å². The van der Waals surface area contributed by atoms with Crippen LogP contribution in [0.25, 0.3) is 0 Å². The molecule has 3 rings (SSSR count). The molecule has 2 unspecified atom stereocenters. The second-order valence-electron chi connectivity index (χ2n) is 5.03. The molecule has 4 heteroatoms. The minimum absolute atomic E-state index is 0.138. The number of hydrogen-bond donors (Lipinski definition) is 1. The van der Waals surface area contributed by atoms with Crippen molar-refractivity contribution in [3.8, 4) is 0 Å². The lowest BCUT2D eigenvalue weighted by atomic mass is 9.91. The van der Waals surface area contributed by atoms with Gasteiger partial charge in [-0.25, -0.2) is 0 Å². The smallest absolute Gasteiger partial charge is 0.0984 e. The van der Waals surface area contributed by atoms with Gasteiger partial charge in [0.25, 0.3) is 0 Å². The van der Waals surface area contributed by atoms with Gasteiger partial charge in [-0.15, -0.1) is 11.3 Å². The quantitative estimate of drug-likeness (QED) is 0.900. The molecule has 1 aromatic carbocycles. The van der Waals surface area contributed by atoms with E-state index in [1.807, 2.05) is 7.05 Å². The Balaban J connectivity index is 1.85. The van der Waals surface area contributed by atoms with E-state index in [1.54, 1.807) is 11.3 Å². The average Bonchev–Trinajstić information content (AvgIpc) is 2.89. The summed E-state index contributed by atoms with van der Waals surface area (Å²) in [5.41, 5.74) is 2.76. The summed E-state index contributed by atoms with van der Waals surface area (Å²) in [4.78, 5) is 1.37. The zero-order valence-corrected chi connectivity index (χ0v) is 13.8. The number of ether oxygens (including phenoxy) is 1. The Bertz CT molecular complexity index is 583. The summed E-state index contributed by atoms with van der Waals surface area (Å²) in [6.45, 7) is 0.811. The summed E-state index contributed by atoms with van der Waals surface area (Å²) in [5, 5.41) is 5.57. The second-order valence-corrected chi connectivity index (χ2v) is 6.89. The number of likely N-dealkylation sites (N-methyl/N-ethyl adjacent to an activating group) is 1. The highest BCUT2D eigenvalue weighted by atomic mass is 79.9. The predicted molar refractivity (Wildman–Crippen MR) is 87.4 cm³/mol. The fraction of sp³-hybridized carbons (Fsp3) is 0.375. The number of thiophene rings is 1. The zero-order valence-electron chi connectivity index (χ0n) is 11.4. The molecule has 1 aromatic heterocycles. The Labute approximate surface area is 132 Å². The third-order valence-electron chi connectivity index (χ3n) is 3.86. The molecule has 1 aliphatic rings. The van der Waals surface area contributed by atoms with Gasteiger partial charge in [-0.2, -0.15) is 0 Å². The molecule has 2 atom stereocenters. The highest BCUT2D eigenvalue weighted by Gasteiger charge is 2.28. The van der Waals surface area contributed by atoms with Gasteiger partial charge in [-0.3, -0.25) is 0 Å². The van der Waals surface area contributed by atoms with E-state index in [-0.39, 0.29) is 6.10 Å². The van der Waals surface area contributed by atoms with Crippen molar-refractivity contribution in [2.24, 2.45) is 0 Å². The number of benzene rings is 1. The Morgan fingerprint density at radius 2 is 2.25 bits per heavy atom. The summed E-state index contributed by atoms with van der Waals surface area (Å²) < 4.78 is 7.27. The number of nitrogens with one attached hydrogen (secondary N) is 1. The summed E-state index contributed by atoms with van der Waals surface area (Å²) in [7, 11) is 2.02. The van der Waals surface area contributed by atoms with Crippen LogP contribution < -0.4 is 5.32 Å². The largest absolute Gasteiger partial charge is 0.372 e. The van der Waals surface area contributed by atoms with E-state index in [2.05, 4.69) is 57.0 Å². The van der Waals surface area contributed by atoms with Gasteiger partial charge in [-0.1, -0.05) is 24.3 Å². The number of halogens is 1. The molecule has 0 bridgehead atoms. The molecule has 20 heavy (non-hydrogen) atoms. The lowest BCUT2D eigenvalue weighted by Gasteiger charge is -2.32. The van der Waals surface area contributed by atoms with E-state index >= 15 is 0 Å². The molecule has 0 fully saturated rings. The van der Waals surface area contributed by atoms with Crippen LogP contribution in [0.4, 0.5) is 0 Å². The summed E-state index contributed by atoms with van der Waals surface area (Å²) in [6.07, 6.45) is 2.14. The third-order valence-corrected chi connectivity index (χ3v) is 5.81. The highest BCUT2D eigenvalue weighted by molar-refractivity contribution is 9.10. The normalized spacial score (nSPS) is 19.6. The van der Waals surface area contributed by atoms with Gasteiger partial charge in [0, 0.05) is 21.8 Å². The molecule has 0 aliphatic carbocycles. The molecule has 0 spiro atoms. The van der Waals surface area contributed by atoms with Crippen molar-refractivity contribution in [3.63, 3.8) is 0 Å². The van der Waals surface area contributed by atoms with E-state index in [1.165, 1.54) is 20.5 Å². The molecule has 0 radical (unpaired) electrons. The monoisotopic (exact) mass is 351 g/mol. The number of hydrogen-bond acceptors (Lipinski definition) is 3. The van der Waals surface area contributed by atoms with Crippen LogP contribution >= 0.6 is 27.3 Å². The van der Waals surface area contributed by atoms with Crippen LogP contribution in [-0.4, -0.2) is 19.7 Å². The SMILES string of the molecule is CNC(Cc1sccc1Br)C1OCCc2ccccc21. The predicted octanol–water partition coefficient (Wildman–Crippen LogP) is 3.96. The van der Waals surface area contributed by atoms with Crippen LogP contribution in [0.5, 0.6) is 0 Å². The summed E-state index contributed by atoms with van der Waals surface area (Å²) in [6, 6.07) is 11.1.